The molecule has 6 heteroatoms. The van der Waals surface area contributed by atoms with Gasteiger partial charge in [0.2, 0.25) is 0 Å². The Bertz CT molecular complexity index is 1030. The summed E-state index contributed by atoms with van der Waals surface area (Å²) in [5.41, 5.74) is 5.29. The summed E-state index contributed by atoms with van der Waals surface area (Å²) < 4.78 is 14.4. The van der Waals surface area contributed by atoms with Crippen LogP contribution in [-0.2, 0) is 5.54 Å². The minimum atomic E-state index is -0.322. The fraction of sp³-hybridized carbons (Fsp3) is 0.182. The Morgan fingerprint density at radius 3 is 2.79 bits per heavy atom. The number of rotatable bonds is 5. The third kappa shape index (κ3) is 3.88. The molecule has 0 fully saturated rings. The van der Waals surface area contributed by atoms with Crippen molar-refractivity contribution in [3.63, 3.8) is 0 Å². The van der Waals surface area contributed by atoms with Gasteiger partial charge >= 0.3 is 0 Å². The number of aliphatic imine (C=N–C) groups is 1. The summed E-state index contributed by atoms with van der Waals surface area (Å²) in [4.78, 5) is 9.27. The molecule has 2 aromatic carbocycles. The van der Waals surface area contributed by atoms with E-state index < -0.39 is 0 Å². The SMILES string of the molecule is C=C(Nc1cc(C2(C)CCSC=N2)ccc1F)c1csc(-c2ccccc2)n1. The van der Waals surface area contributed by atoms with Gasteiger partial charge in [0.25, 0.3) is 0 Å². The van der Waals surface area contributed by atoms with Gasteiger partial charge in [-0.3, -0.25) is 4.99 Å². The zero-order valence-electron chi connectivity index (χ0n) is 15.5. The normalized spacial score (nSPS) is 18.8. The minimum Gasteiger partial charge on any atom is -0.352 e. The number of nitrogens with one attached hydrogen (secondary N) is 1. The lowest BCUT2D eigenvalue weighted by atomic mass is 9.89. The standard InChI is InChI=1S/C22H20FN3S2/c1-15(20-13-28-21(26-20)16-6-4-3-5-7-16)25-19-12-17(8-9-18(19)23)22(2)10-11-27-14-24-22/h3-9,12-14,25H,1,10-11H2,2H3. The molecule has 0 aliphatic carbocycles. The number of hydrogen-bond acceptors (Lipinski definition) is 5. The molecule has 0 radical (unpaired) electrons. The van der Waals surface area contributed by atoms with Gasteiger partial charge in [-0.15, -0.1) is 23.1 Å². The zero-order valence-corrected chi connectivity index (χ0v) is 17.1. The second kappa shape index (κ2) is 7.89. The Morgan fingerprint density at radius 2 is 2.04 bits per heavy atom. The van der Waals surface area contributed by atoms with E-state index in [2.05, 4.69) is 28.8 Å². The third-order valence-corrected chi connectivity index (χ3v) is 6.41. The van der Waals surface area contributed by atoms with Gasteiger partial charge in [0.05, 0.1) is 28.2 Å². The molecule has 1 atom stereocenters. The molecule has 1 aliphatic heterocycles. The highest BCUT2D eigenvalue weighted by molar-refractivity contribution is 8.12. The van der Waals surface area contributed by atoms with E-state index in [1.54, 1.807) is 23.1 Å². The van der Waals surface area contributed by atoms with Crippen molar-refractivity contribution in [2.24, 2.45) is 4.99 Å². The molecule has 0 bridgehead atoms. The van der Waals surface area contributed by atoms with Crippen LogP contribution in [0.4, 0.5) is 10.1 Å². The van der Waals surface area contributed by atoms with Gasteiger partial charge in [-0.05, 0) is 31.0 Å². The van der Waals surface area contributed by atoms with Crippen LogP contribution in [0.3, 0.4) is 0 Å². The van der Waals surface area contributed by atoms with Gasteiger partial charge in [0.1, 0.15) is 10.8 Å². The van der Waals surface area contributed by atoms with Gasteiger partial charge in [-0.25, -0.2) is 9.37 Å². The maximum absolute atomic E-state index is 14.4. The number of nitrogens with zero attached hydrogens (tertiary/aromatic N) is 2. The predicted molar refractivity (Wildman–Crippen MR) is 120 cm³/mol. The Balaban J connectivity index is 1.57. The van der Waals surface area contributed by atoms with Crippen molar-refractivity contribution in [3.05, 3.63) is 77.6 Å². The molecule has 0 saturated heterocycles. The smallest absolute Gasteiger partial charge is 0.146 e. The van der Waals surface area contributed by atoms with E-state index in [1.165, 1.54) is 6.07 Å². The first-order valence-electron chi connectivity index (χ1n) is 8.98. The van der Waals surface area contributed by atoms with Crippen LogP contribution in [0.5, 0.6) is 0 Å². The van der Waals surface area contributed by atoms with Gasteiger partial charge in [-0.2, -0.15) is 0 Å². The Morgan fingerprint density at radius 1 is 1.21 bits per heavy atom. The number of benzene rings is 2. The van der Waals surface area contributed by atoms with Crippen molar-refractivity contribution >= 4 is 40.0 Å². The number of halogens is 1. The van der Waals surface area contributed by atoms with Gasteiger partial charge in [0, 0.05) is 16.7 Å². The second-order valence-electron chi connectivity index (χ2n) is 6.83. The third-order valence-electron chi connectivity index (χ3n) is 4.83. The maximum atomic E-state index is 14.4. The van der Waals surface area contributed by atoms with Crippen LogP contribution in [0.25, 0.3) is 16.3 Å². The number of thioether (sulfide) groups is 1. The van der Waals surface area contributed by atoms with Crippen LogP contribution in [0, 0.1) is 5.82 Å². The Kier molecular flexibility index (Phi) is 5.33. The molecule has 142 valence electrons. The number of anilines is 1. The molecule has 4 rings (SSSR count). The molecular weight excluding hydrogens is 389 g/mol. The van der Waals surface area contributed by atoms with Crippen molar-refractivity contribution in [3.8, 4) is 10.6 Å². The molecular formula is C22H20FN3S2. The zero-order chi connectivity index (χ0) is 19.6. The molecule has 0 saturated carbocycles. The molecule has 1 aromatic heterocycles. The van der Waals surface area contributed by atoms with Crippen LogP contribution in [-0.4, -0.2) is 16.3 Å². The fourth-order valence-electron chi connectivity index (χ4n) is 3.06. The van der Waals surface area contributed by atoms with Gasteiger partial charge < -0.3 is 5.32 Å². The van der Waals surface area contributed by atoms with Crippen molar-refractivity contribution in [2.45, 2.75) is 18.9 Å². The van der Waals surface area contributed by atoms with Crippen LogP contribution in [0.1, 0.15) is 24.6 Å². The van der Waals surface area contributed by atoms with E-state index in [0.717, 1.165) is 28.3 Å². The first kappa shape index (κ1) is 18.9. The Hall–Kier alpha value is -2.44. The summed E-state index contributed by atoms with van der Waals surface area (Å²) >= 11 is 3.25. The first-order valence-corrected chi connectivity index (χ1v) is 10.9. The van der Waals surface area contributed by atoms with Crippen molar-refractivity contribution in [1.82, 2.24) is 4.98 Å². The predicted octanol–water partition coefficient (Wildman–Crippen LogP) is 6.41. The van der Waals surface area contributed by atoms with E-state index in [0.29, 0.717) is 17.1 Å². The topological polar surface area (TPSA) is 37.3 Å². The van der Waals surface area contributed by atoms with Crippen LogP contribution in [0.15, 0.2) is 65.5 Å². The summed E-state index contributed by atoms with van der Waals surface area (Å²) in [6.45, 7) is 6.15. The lowest BCUT2D eigenvalue weighted by molar-refractivity contribution is 0.483. The maximum Gasteiger partial charge on any atom is 0.146 e. The van der Waals surface area contributed by atoms with Crippen LogP contribution >= 0.6 is 23.1 Å². The average molecular weight is 410 g/mol. The quantitative estimate of drug-likeness (QED) is 0.529. The molecule has 1 unspecified atom stereocenters. The fourth-order valence-corrected chi connectivity index (χ4v) is 4.83. The molecule has 3 nitrogen and oxygen atoms in total. The highest BCUT2D eigenvalue weighted by atomic mass is 32.2. The lowest BCUT2D eigenvalue weighted by Crippen LogP contribution is -2.23. The molecule has 3 aromatic rings. The highest BCUT2D eigenvalue weighted by Crippen LogP contribution is 2.36. The summed E-state index contributed by atoms with van der Waals surface area (Å²) in [5, 5.41) is 5.95. The number of thiazole rings is 1. The van der Waals surface area contributed by atoms with Gasteiger partial charge in [-0.1, -0.05) is 43.0 Å². The van der Waals surface area contributed by atoms with E-state index in [1.807, 2.05) is 53.4 Å². The molecule has 1 N–H and O–H groups in total. The van der Waals surface area contributed by atoms with E-state index in [9.17, 15) is 4.39 Å². The highest BCUT2D eigenvalue weighted by Gasteiger charge is 2.28. The molecule has 1 aliphatic rings. The summed E-state index contributed by atoms with van der Waals surface area (Å²) in [6, 6.07) is 15.1. The number of aromatic nitrogens is 1. The van der Waals surface area contributed by atoms with E-state index in [-0.39, 0.29) is 11.4 Å². The molecule has 0 amide bonds. The van der Waals surface area contributed by atoms with Crippen molar-refractivity contribution < 1.29 is 4.39 Å². The Labute approximate surface area is 172 Å². The lowest BCUT2D eigenvalue weighted by Gasteiger charge is -2.28. The summed E-state index contributed by atoms with van der Waals surface area (Å²) in [6.07, 6.45) is 0.923. The second-order valence-corrected chi connectivity index (χ2v) is 8.64. The average Bonchev–Trinajstić information content (AvgIpc) is 3.21. The van der Waals surface area contributed by atoms with Gasteiger partial charge in [0.15, 0.2) is 0 Å². The minimum absolute atomic E-state index is 0.318. The van der Waals surface area contributed by atoms with Crippen molar-refractivity contribution in [2.75, 3.05) is 11.1 Å². The van der Waals surface area contributed by atoms with E-state index in [4.69, 9.17) is 0 Å². The van der Waals surface area contributed by atoms with Crippen LogP contribution in [0.2, 0.25) is 0 Å². The summed E-state index contributed by atoms with van der Waals surface area (Å²) in [7, 11) is 0. The first-order chi connectivity index (χ1) is 13.5. The van der Waals surface area contributed by atoms with Crippen LogP contribution < -0.4 is 5.32 Å². The molecule has 28 heavy (non-hydrogen) atoms. The monoisotopic (exact) mass is 409 g/mol. The largest absolute Gasteiger partial charge is 0.352 e. The van der Waals surface area contributed by atoms with Crippen molar-refractivity contribution in [1.29, 1.82) is 0 Å². The summed E-state index contributed by atoms with van der Waals surface area (Å²) in [5.74, 6) is 0.690. The molecule has 0 spiro atoms. The van der Waals surface area contributed by atoms with E-state index >= 15 is 0 Å². The number of hydrogen-bond donors (Lipinski definition) is 1. The molecule has 2 heterocycles.